The summed E-state index contributed by atoms with van der Waals surface area (Å²) < 4.78 is 15.5. The minimum atomic E-state index is -0.467. The molecule has 2 aliphatic carbocycles. The Kier molecular flexibility index (Phi) is 4.76. The molecule has 0 aromatic heterocycles. The van der Waals surface area contributed by atoms with E-state index in [1.54, 1.807) is 12.1 Å². The highest BCUT2D eigenvalue weighted by Gasteiger charge is 2.44. The van der Waals surface area contributed by atoms with Gasteiger partial charge in [0.05, 0.1) is 0 Å². The molecule has 164 valence electrons. The zero-order valence-corrected chi connectivity index (χ0v) is 19.4. The smallest absolute Gasteiger partial charge is 0.127 e. The van der Waals surface area contributed by atoms with Gasteiger partial charge in [-0.3, -0.25) is 0 Å². The third-order valence-electron chi connectivity index (χ3n) is 8.06. The highest BCUT2D eigenvalue weighted by molar-refractivity contribution is 5.76. The molecule has 0 heterocycles. The Hall–Kier alpha value is -3.19. The molecule has 0 saturated carbocycles. The number of halogens is 1. The van der Waals surface area contributed by atoms with Crippen molar-refractivity contribution in [3.8, 4) is 11.1 Å². The molecule has 1 heteroatoms. The van der Waals surface area contributed by atoms with Gasteiger partial charge in [-0.15, -0.1) is 0 Å². The second kappa shape index (κ2) is 7.70. The van der Waals surface area contributed by atoms with Crippen LogP contribution in [0.25, 0.3) is 11.1 Å². The highest BCUT2D eigenvalue weighted by Crippen LogP contribution is 2.54. The van der Waals surface area contributed by atoms with Crippen molar-refractivity contribution in [1.82, 2.24) is 0 Å². The van der Waals surface area contributed by atoms with E-state index in [4.69, 9.17) is 0 Å². The largest absolute Gasteiger partial charge is 0.207 e. The fraction of sp³-hybridized carbons (Fsp3) is 0.250. The predicted molar refractivity (Wildman–Crippen MR) is 134 cm³/mol. The third kappa shape index (κ3) is 3.02. The van der Waals surface area contributed by atoms with Crippen LogP contribution in [0.4, 0.5) is 4.39 Å². The average Bonchev–Trinajstić information content (AvgIpc) is 2.84. The first-order chi connectivity index (χ1) is 16.1. The maximum atomic E-state index is 15.5. The summed E-state index contributed by atoms with van der Waals surface area (Å²) >= 11 is 0. The maximum absolute atomic E-state index is 15.5. The summed E-state index contributed by atoms with van der Waals surface area (Å²) in [5, 5.41) is 0. The summed E-state index contributed by atoms with van der Waals surface area (Å²) in [4.78, 5) is 0. The molecule has 33 heavy (non-hydrogen) atoms. The van der Waals surface area contributed by atoms with Crippen molar-refractivity contribution in [2.24, 2.45) is 0 Å². The van der Waals surface area contributed by atoms with Crippen molar-refractivity contribution in [3.63, 3.8) is 0 Å². The number of fused-ring (bicyclic) bond motifs is 5. The zero-order valence-electron chi connectivity index (χ0n) is 19.4. The monoisotopic (exact) mass is 432 g/mol. The van der Waals surface area contributed by atoms with Gasteiger partial charge in [-0.05, 0) is 83.5 Å². The van der Waals surface area contributed by atoms with Crippen LogP contribution >= 0.6 is 0 Å². The van der Waals surface area contributed by atoms with Gasteiger partial charge in [0.1, 0.15) is 5.82 Å². The average molecular weight is 433 g/mol. The quantitative estimate of drug-likeness (QED) is 0.300. The SMILES string of the molecule is Cc1cccc(C2(c3ccccc3F)CCC(C)c3c2ccc2c3CCc3ccccc3-2)c1. The summed E-state index contributed by atoms with van der Waals surface area (Å²) in [6, 6.07) is 29.6. The van der Waals surface area contributed by atoms with Gasteiger partial charge in [-0.2, -0.15) is 0 Å². The van der Waals surface area contributed by atoms with Gasteiger partial charge < -0.3 is 0 Å². The Bertz CT molecular complexity index is 1360. The number of rotatable bonds is 2. The van der Waals surface area contributed by atoms with E-state index in [-0.39, 0.29) is 5.82 Å². The lowest BCUT2D eigenvalue weighted by Crippen LogP contribution is -2.36. The molecule has 0 spiro atoms. The summed E-state index contributed by atoms with van der Waals surface area (Å²) in [6.07, 6.45) is 4.10. The molecular weight excluding hydrogens is 403 g/mol. The standard InChI is InChI=1S/C32H29F/c1-21-8-7-10-24(20-21)32(28-12-5-6-13-30(28)33)19-18-22(2)31-27-15-14-23-9-3-4-11-25(23)26(27)16-17-29(31)32/h3-13,16-17,20,22H,14-15,18-19H2,1-2H3. The molecule has 0 N–H and O–H groups in total. The Morgan fingerprint density at radius 2 is 1.61 bits per heavy atom. The fourth-order valence-corrected chi connectivity index (χ4v) is 6.55. The van der Waals surface area contributed by atoms with Crippen molar-refractivity contribution in [2.75, 3.05) is 0 Å². The predicted octanol–water partition coefficient (Wildman–Crippen LogP) is 8.13. The number of hydrogen-bond donors (Lipinski definition) is 0. The molecule has 0 amide bonds. The van der Waals surface area contributed by atoms with Crippen molar-refractivity contribution >= 4 is 0 Å². The Labute approximate surface area is 196 Å². The second-order valence-electron chi connectivity index (χ2n) is 9.90. The van der Waals surface area contributed by atoms with E-state index in [2.05, 4.69) is 74.5 Å². The molecule has 4 aromatic carbocycles. The number of benzene rings is 4. The van der Waals surface area contributed by atoms with Crippen LogP contribution in [0.5, 0.6) is 0 Å². The first-order valence-corrected chi connectivity index (χ1v) is 12.2. The van der Waals surface area contributed by atoms with E-state index < -0.39 is 5.41 Å². The fourth-order valence-electron chi connectivity index (χ4n) is 6.55. The molecule has 0 nitrogen and oxygen atoms in total. The Balaban J connectivity index is 1.69. The molecule has 4 aromatic rings. The molecule has 0 aliphatic heterocycles. The van der Waals surface area contributed by atoms with E-state index in [0.29, 0.717) is 5.92 Å². The maximum Gasteiger partial charge on any atom is 0.127 e. The summed E-state index contributed by atoms with van der Waals surface area (Å²) in [6.45, 7) is 4.50. The molecule has 0 fully saturated rings. The Morgan fingerprint density at radius 3 is 2.45 bits per heavy atom. The van der Waals surface area contributed by atoms with E-state index in [0.717, 1.165) is 31.2 Å². The molecule has 2 aliphatic rings. The van der Waals surface area contributed by atoms with E-state index in [9.17, 15) is 0 Å². The van der Waals surface area contributed by atoms with Crippen molar-refractivity contribution < 1.29 is 4.39 Å². The first-order valence-electron chi connectivity index (χ1n) is 12.2. The molecule has 0 saturated heterocycles. The minimum Gasteiger partial charge on any atom is -0.207 e. The Morgan fingerprint density at radius 1 is 0.788 bits per heavy atom. The number of aryl methyl sites for hydroxylation is 2. The normalized spacial score (nSPS) is 21.1. The second-order valence-corrected chi connectivity index (χ2v) is 9.90. The molecular formula is C32H29F. The van der Waals surface area contributed by atoms with Gasteiger partial charge in [0, 0.05) is 11.0 Å². The van der Waals surface area contributed by atoms with Crippen LogP contribution in [0.15, 0.2) is 84.9 Å². The molecule has 0 radical (unpaired) electrons. The van der Waals surface area contributed by atoms with Crippen LogP contribution in [0.1, 0.15) is 64.6 Å². The van der Waals surface area contributed by atoms with Crippen molar-refractivity contribution in [2.45, 2.75) is 50.9 Å². The highest BCUT2D eigenvalue weighted by atomic mass is 19.1. The van der Waals surface area contributed by atoms with Crippen LogP contribution in [-0.2, 0) is 18.3 Å². The third-order valence-corrected chi connectivity index (χ3v) is 8.06. The van der Waals surface area contributed by atoms with Gasteiger partial charge in [0.15, 0.2) is 0 Å². The molecule has 0 bridgehead atoms. The molecule has 2 unspecified atom stereocenters. The van der Waals surface area contributed by atoms with Crippen LogP contribution in [-0.4, -0.2) is 0 Å². The molecule has 2 atom stereocenters. The van der Waals surface area contributed by atoms with Crippen LogP contribution in [0, 0.1) is 12.7 Å². The van der Waals surface area contributed by atoms with Gasteiger partial charge in [0.2, 0.25) is 0 Å². The van der Waals surface area contributed by atoms with E-state index >= 15 is 4.39 Å². The van der Waals surface area contributed by atoms with Gasteiger partial charge in [0.25, 0.3) is 0 Å². The lowest BCUT2D eigenvalue weighted by atomic mass is 9.58. The minimum absolute atomic E-state index is 0.109. The van der Waals surface area contributed by atoms with Gasteiger partial charge in [-0.25, -0.2) is 4.39 Å². The van der Waals surface area contributed by atoms with Crippen molar-refractivity contribution in [1.29, 1.82) is 0 Å². The van der Waals surface area contributed by atoms with Gasteiger partial charge in [-0.1, -0.05) is 91.3 Å². The summed E-state index contributed by atoms with van der Waals surface area (Å²) in [5.74, 6) is 0.354. The lowest BCUT2D eigenvalue weighted by molar-refractivity contribution is 0.436. The first kappa shape index (κ1) is 20.4. The van der Waals surface area contributed by atoms with Crippen LogP contribution < -0.4 is 0 Å². The zero-order chi connectivity index (χ0) is 22.6. The van der Waals surface area contributed by atoms with Crippen LogP contribution in [0.3, 0.4) is 0 Å². The summed E-state index contributed by atoms with van der Waals surface area (Å²) in [5.41, 5.74) is 11.2. The van der Waals surface area contributed by atoms with E-state index in [1.807, 2.05) is 12.1 Å². The van der Waals surface area contributed by atoms with Crippen LogP contribution in [0.2, 0.25) is 0 Å². The van der Waals surface area contributed by atoms with Crippen molar-refractivity contribution in [3.05, 3.63) is 130 Å². The topological polar surface area (TPSA) is 0 Å². The van der Waals surface area contributed by atoms with E-state index in [1.165, 1.54) is 44.5 Å². The molecule has 6 rings (SSSR count). The summed E-state index contributed by atoms with van der Waals surface area (Å²) in [7, 11) is 0. The van der Waals surface area contributed by atoms with Gasteiger partial charge >= 0.3 is 0 Å². The lowest BCUT2D eigenvalue weighted by Gasteiger charge is -2.44. The number of hydrogen-bond acceptors (Lipinski definition) is 0.